The lowest BCUT2D eigenvalue weighted by Crippen LogP contribution is -2.61. The Bertz CT molecular complexity index is 2090. The minimum Gasteiger partial charge on any atom is -0.507 e. The van der Waals surface area contributed by atoms with E-state index in [2.05, 4.69) is 46.5 Å². The number of piperidine rings is 3. The first-order chi connectivity index (χ1) is 27.8. The summed E-state index contributed by atoms with van der Waals surface area (Å²) in [4.78, 5) is 61.9. The molecule has 3 N–H and O–H groups in total. The van der Waals surface area contributed by atoms with E-state index in [1.54, 1.807) is 18.2 Å². The third-order valence-electron chi connectivity index (χ3n) is 13.6. The van der Waals surface area contributed by atoms with E-state index >= 15 is 0 Å². The number of amides is 4. The molecule has 8 heterocycles. The standard InChI is InChI=1S/C42H49N9O6/c52-37-4-2-1-3-31(37)34-16-36-39(46-45-34)43-17-29-21-47(13-14-50(29)36)22-33-26-19-48(20-27(33)24-57-23-26)18-25-9-11-49(12-10-25)28-5-6-30-32(15-28)42(56)51(41(30)55)35-7-8-38(53)44-40(35)54/h1-6,15-16,25-27,29,33,35,52H,7-14,17-24H2,(H,43,46)(H,44,53,54)/t26?,27?,29-,33?,35?/m0/s1. The second kappa shape index (κ2) is 14.7. The molecule has 3 unspecified atom stereocenters. The summed E-state index contributed by atoms with van der Waals surface area (Å²) >= 11 is 0. The average Bonchev–Trinajstić information content (AvgIpc) is 3.46. The Morgan fingerprint density at radius 1 is 0.789 bits per heavy atom. The van der Waals surface area contributed by atoms with Crippen molar-refractivity contribution in [1.29, 1.82) is 0 Å². The molecule has 0 spiro atoms. The molecule has 2 aromatic carbocycles. The lowest BCUT2D eigenvalue weighted by molar-refractivity contribution is -0.136. The van der Waals surface area contributed by atoms with Gasteiger partial charge >= 0.3 is 0 Å². The van der Waals surface area contributed by atoms with E-state index in [1.165, 1.54) is 0 Å². The molecule has 57 heavy (non-hydrogen) atoms. The van der Waals surface area contributed by atoms with E-state index in [1.807, 2.05) is 24.3 Å². The van der Waals surface area contributed by atoms with Gasteiger partial charge in [-0.3, -0.25) is 34.3 Å². The number of nitrogens with zero attached hydrogens (tertiary/aromatic N) is 7. The van der Waals surface area contributed by atoms with Crippen LogP contribution in [0.4, 0.5) is 17.2 Å². The van der Waals surface area contributed by atoms with Gasteiger partial charge in [0.2, 0.25) is 11.8 Å². The van der Waals surface area contributed by atoms with Crippen LogP contribution < -0.4 is 20.4 Å². The van der Waals surface area contributed by atoms with Crippen molar-refractivity contribution < 1.29 is 29.0 Å². The number of carbonyl (C=O) groups is 4. The molecule has 7 aliphatic heterocycles. The number of aromatic hydroxyl groups is 1. The number of imide groups is 2. The number of rotatable bonds is 7. The van der Waals surface area contributed by atoms with Gasteiger partial charge in [-0.2, -0.15) is 0 Å². The Morgan fingerprint density at radius 2 is 1.58 bits per heavy atom. The van der Waals surface area contributed by atoms with Crippen molar-refractivity contribution in [3.63, 3.8) is 0 Å². The van der Waals surface area contributed by atoms with Crippen LogP contribution in [-0.4, -0.2) is 144 Å². The molecule has 3 aromatic rings. The molecular formula is C42H49N9O6. The molecule has 15 heteroatoms. The summed E-state index contributed by atoms with van der Waals surface area (Å²) in [7, 11) is 0. The molecule has 15 nitrogen and oxygen atoms in total. The van der Waals surface area contributed by atoms with Crippen LogP contribution in [0, 0.1) is 23.7 Å². The third kappa shape index (κ3) is 6.68. The van der Waals surface area contributed by atoms with Gasteiger partial charge < -0.3 is 29.9 Å². The highest BCUT2D eigenvalue weighted by molar-refractivity contribution is 6.23. The Kier molecular flexibility index (Phi) is 9.33. The van der Waals surface area contributed by atoms with Crippen LogP contribution in [0.1, 0.15) is 46.4 Å². The first-order valence-electron chi connectivity index (χ1n) is 20.6. The number of hydrogen-bond acceptors (Lipinski definition) is 13. The fraction of sp³-hybridized carbons (Fsp3) is 0.524. The van der Waals surface area contributed by atoms with Crippen LogP contribution >= 0.6 is 0 Å². The Balaban J connectivity index is 0.725. The first kappa shape index (κ1) is 36.2. The number of piperazine rings is 1. The number of likely N-dealkylation sites (tertiary alicyclic amines) is 1. The van der Waals surface area contributed by atoms with Crippen molar-refractivity contribution >= 4 is 40.8 Å². The number of phenols is 1. The SMILES string of the molecule is O=C1CCC(N2C(=O)c3ccc(N4CCC(CN5CC6COCC(C5)C6CN5CCN6c7cc(-c8ccccc8O)nnc7NC[C@H]6C5)CC4)cc3C2=O)C(=O)N1. The van der Waals surface area contributed by atoms with Crippen LogP contribution in [0.25, 0.3) is 11.3 Å². The van der Waals surface area contributed by atoms with Gasteiger partial charge in [-0.05, 0) is 79.3 Å². The van der Waals surface area contributed by atoms with Crippen LogP contribution in [0.2, 0.25) is 0 Å². The van der Waals surface area contributed by atoms with E-state index in [-0.39, 0.29) is 24.5 Å². The zero-order valence-electron chi connectivity index (χ0n) is 32.0. The summed E-state index contributed by atoms with van der Waals surface area (Å²) in [5, 5.41) is 25.1. The van der Waals surface area contributed by atoms with E-state index in [0.717, 1.165) is 114 Å². The van der Waals surface area contributed by atoms with Gasteiger partial charge in [-0.25, -0.2) is 0 Å². The van der Waals surface area contributed by atoms with E-state index in [0.29, 0.717) is 52.1 Å². The minimum absolute atomic E-state index is 0.103. The maximum atomic E-state index is 13.4. The smallest absolute Gasteiger partial charge is 0.262 e. The topological polar surface area (TPSA) is 164 Å². The van der Waals surface area contributed by atoms with Crippen LogP contribution in [0.3, 0.4) is 0 Å². The predicted molar refractivity (Wildman–Crippen MR) is 211 cm³/mol. The number of hydrogen-bond donors (Lipinski definition) is 3. The van der Waals surface area contributed by atoms with Crippen molar-refractivity contribution in [2.24, 2.45) is 23.7 Å². The second-order valence-electron chi connectivity index (χ2n) is 17.0. The van der Waals surface area contributed by atoms with Gasteiger partial charge in [0.05, 0.1) is 41.8 Å². The maximum absolute atomic E-state index is 13.4. The average molecular weight is 776 g/mol. The molecule has 4 atom stereocenters. The predicted octanol–water partition coefficient (Wildman–Crippen LogP) is 2.28. The molecule has 2 bridgehead atoms. The number of benzene rings is 2. The Labute approximate surface area is 331 Å². The molecule has 298 valence electrons. The highest BCUT2D eigenvalue weighted by atomic mass is 16.5. The minimum atomic E-state index is -0.960. The van der Waals surface area contributed by atoms with Crippen LogP contribution in [0.15, 0.2) is 48.5 Å². The van der Waals surface area contributed by atoms with Crippen LogP contribution in [-0.2, 0) is 14.3 Å². The summed E-state index contributed by atoms with van der Waals surface area (Å²) in [5.41, 5.74) is 3.99. The van der Waals surface area contributed by atoms with Crippen molar-refractivity contribution in [3.05, 3.63) is 59.7 Å². The number of phenolic OH excluding ortho intramolecular Hbond substituents is 1. The van der Waals surface area contributed by atoms with Gasteiger partial charge in [-0.1, -0.05) is 12.1 Å². The van der Waals surface area contributed by atoms with Crippen molar-refractivity contribution in [2.45, 2.75) is 37.8 Å². The zero-order valence-corrected chi connectivity index (χ0v) is 32.0. The van der Waals surface area contributed by atoms with Crippen molar-refractivity contribution in [2.75, 3.05) is 93.8 Å². The monoisotopic (exact) mass is 775 g/mol. The number of para-hydroxylation sites is 1. The van der Waals surface area contributed by atoms with Gasteiger partial charge in [0.25, 0.3) is 11.8 Å². The maximum Gasteiger partial charge on any atom is 0.262 e. The molecular weight excluding hydrogens is 727 g/mol. The summed E-state index contributed by atoms with van der Waals surface area (Å²) in [5.74, 6) is 1.34. The molecule has 7 aliphatic rings. The summed E-state index contributed by atoms with van der Waals surface area (Å²) < 4.78 is 6.15. The normalized spacial score (nSPS) is 28.1. The lowest BCUT2D eigenvalue weighted by atomic mass is 9.75. The van der Waals surface area contributed by atoms with Gasteiger partial charge in [-0.15, -0.1) is 10.2 Å². The van der Waals surface area contributed by atoms with Crippen LogP contribution in [0.5, 0.6) is 5.75 Å². The molecule has 0 radical (unpaired) electrons. The highest BCUT2D eigenvalue weighted by Gasteiger charge is 2.46. The zero-order chi connectivity index (χ0) is 38.8. The fourth-order valence-corrected chi connectivity index (χ4v) is 10.6. The van der Waals surface area contributed by atoms with Crippen molar-refractivity contribution in [3.8, 4) is 17.0 Å². The molecule has 1 aromatic heterocycles. The summed E-state index contributed by atoms with van der Waals surface area (Å²) in [6.07, 6.45) is 2.36. The number of ether oxygens (including phenoxy) is 1. The number of nitrogens with one attached hydrogen (secondary N) is 2. The molecule has 5 saturated heterocycles. The molecule has 10 rings (SSSR count). The number of anilines is 3. The molecule has 0 aliphatic carbocycles. The molecule has 5 fully saturated rings. The van der Waals surface area contributed by atoms with Gasteiger partial charge in [0.15, 0.2) is 5.82 Å². The summed E-state index contributed by atoms with van der Waals surface area (Å²) in [6.45, 7) is 11.5. The number of fused-ring (bicyclic) bond motifs is 6. The summed E-state index contributed by atoms with van der Waals surface area (Å²) in [6, 6.07) is 14.1. The quantitative estimate of drug-likeness (QED) is 0.300. The second-order valence-corrected chi connectivity index (χ2v) is 17.0. The fourth-order valence-electron chi connectivity index (χ4n) is 10.6. The molecule has 0 saturated carbocycles. The van der Waals surface area contributed by atoms with Gasteiger partial charge in [0.1, 0.15) is 11.8 Å². The first-order valence-corrected chi connectivity index (χ1v) is 20.6. The van der Waals surface area contributed by atoms with E-state index < -0.39 is 23.8 Å². The Hall–Kier alpha value is -5.12. The lowest BCUT2D eigenvalue weighted by Gasteiger charge is -2.51. The van der Waals surface area contributed by atoms with E-state index in [9.17, 15) is 24.3 Å². The number of carbonyl (C=O) groups excluding carboxylic acids is 4. The number of aromatic nitrogens is 2. The largest absolute Gasteiger partial charge is 0.507 e. The third-order valence-corrected chi connectivity index (χ3v) is 13.6. The van der Waals surface area contributed by atoms with Gasteiger partial charge in [0, 0.05) is 83.1 Å². The van der Waals surface area contributed by atoms with E-state index in [4.69, 9.17) is 4.74 Å². The molecule has 4 amide bonds. The Morgan fingerprint density at radius 3 is 2.37 bits per heavy atom. The highest BCUT2D eigenvalue weighted by Crippen LogP contribution is 2.39. The van der Waals surface area contributed by atoms with Crippen molar-refractivity contribution in [1.82, 2.24) is 30.2 Å².